The van der Waals surface area contributed by atoms with Crippen molar-refractivity contribution in [2.24, 2.45) is 7.05 Å². The van der Waals surface area contributed by atoms with Gasteiger partial charge in [0.15, 0.2) is 5.69 Å². The maximum atomic E-state index is 13.2. The summed E-state index contributed by atoms with van der Waals surface area (Å²) >= 11 is 0. The molecule has 0 saturated carbocycles. The first-order valence-corrected chi connectivity index (χ1v) is 12.1. The van der Waals surface area contributed by atoms with E-state index in [1.165, 1.54) is 35.6 Å². The predicted molar refractivity (Wildman–Crippen MR) is 117 cm³/mol. The van der Waals surface area contributed by atoms with Crippen LogP contribution < -0.4 is 5.32 Å². The molecular formula is C21H27F3N4O5S. The van der Waals surface area contributed by atoms with Gasteiger partial charge in [-0.3, -0.25) is 9.48 Å². The molecule has 1 aromatic heterocycles. The van der Waals surface area contributed by atoms with E-state index < -0.39 is 27.8 Å². The molecule has 1 saturated heterocycles. The second-order valence-corrected chi connectivity index (χ2v) is 9.74. The summed E-state index contributed by atoms with van der Waals surface area (Å²) in [7, 11) is -1.01. The van der Waals surface area contributed by atoms with Crippen LogP contribution in [0, 0.1) is 0 Å². The topological polar surface area (TPSA) is 103 Å². The zero-order chi connectivity index (χ0) is 24.9. The van der Waals surface area contributed by atoms with Crippen LogP contribution >= 0.6 is 0 Å². The molecule has 9 nitrogen and oxygen atoms in total. The zero-order valence-corrected chi connectivity index (χ0v) is 19.7. The van der Waals surface area contributed by atoms with Gasteiger partial charge in [0.2, 0.25) is 10.0 Å². The van der Waals surface area contributed by atoms with E-state index in [0.29, 0.717) is 32.2 Å². The van der Waals surface area contributed by atoms with Crippen LogP contribution in [0.3, 0.4) is 0 Å². The van der Waals surface area contributed by atoms with Gasteiger partial charge in [0.05, 0.1) is 24.7 Å². The fourth-order valence-electron chi connectivity index (χ4n) is 3.68. The molecule has 1 unspecified atom stereocenters. The number of aryl methyl sites for hydroxylation is 1. The number of piperidine rings is 1. The molecule has 2 aromatic rings. The lowest BCUT2D eigenvalue weighted by atomic mass is 10.1. The molecule has 1 fully saturated rings. The Kier molecular flexibility index (Phi) is 8.34. The molecule has 2 heterocycles. The van der Waals surface area contributed by atoms with Gasteiger partial charge in [-0.05, 0) is 37.1 Å². The fourth-order valence-corrected chi connectivity index (χ4v) is 5.36. The van der Waals surface area contributed by atoms with Crippen molar-refractivity contribution < 1.29 is 35.9 Å². The molecule has 0 aliphatic carbocycles. The number of rotatable bonds is 9. The molecule has 3 rings (SSSR count). The lowest BCUT2D eigenvalue weighted by molar-refractivity contribution is -0.141. The largest absolute Gasteiger partial charge is 0.435 e. The Balaban J connectivity index is 1.70. The molecule has 1 N–H and O–H groups in total. The number of anilines is 1. The molecule has 1 aliphatic heterocycles. The number of nitrogens with zero attached hydrogens (tertiary/aromatic N) is 3. The summed E-state index contributed by atoms with van der Waals surface area (Å²) in [6, 6.07) is 5.85. The van der Waals surface area contributed by atoms with Crippen LogP contribution in [-0.4, -0.2) is 67.9 Å². The van der Waals surface area contributed by atoms with Crippen molar-refractivity contribution in [2.75, 3.05) is 38.8 Å². The summed E-state index contributed by atoms with van der Waals surface area (Å²) in [6.45, 7) is 1.43. The maximum absolute atomic E-state index is 13.2. The van der Waals surface area contributed by atoms with Crippen molar-refractivity contribution in [3.63, 3.8) is 0 Å². The van der Waals surface area contributed by atoms with Crippen LogP contribution in [0.25, 0.3) is 0 Å². The van der Waals surface area contributed by atoms with Crippen molar-refractivity contribution in [1.82, 2.24) is 14.1 Å². The highest BCUT2D eigenvalue weighted by Crippen LogP contribution is 2.29. The fraction of sp³-hybridized carbons (Fsp3) is 0.524. The lowest BCUT2D eigenvalue weighted by Gasteiger charge is -2.34. The van der Waals surface area contributed by atoms with Crippen molar-refractivity contribution in [1.29, 1.82) is 0 Å². The average Bonchev–Trinajstić information content (AvgIpc) is 3.20. The van der Waals surface area contributed by atoms with E-state index in [1.807, 2.05) is 0 Å². The van der Waals surface area contributed by atoms with E-state index >= 15 is 0 Å². The molecule has 1 amide bonds. The predicted octanol–water partition coefficient (Wildman–Crippen LogP) is 2.90. The highest BCUT2D eigenvalue weighted by Gasteiger charge is 2.36. The summed E-state index contributed by atoms with van der Waals surface area (Å²) in [5, 5.41) is 5.77. The first kappa shape index (κ1) is 26.1. The summed E-state index contributed by atoms with van der Waals surface area (Å²) in [6.07, 6.45) is -2.34. The van der Waals surface area contributed by atoms with Gasteiger partial charge < -0.3 is 14.8 Å². The minimum absolute atomic E-state index is 0.0502. The van der Waals surface area contributed by atoms with Crippen molar-refractivity contribution in [3.8, 4) is 0 Å². The van der Waals surface area contributed by atoms with Crippen molar-refractivity contribution in [2.45, 2.75) is 36.4 Å². The van der Waals surface area contributed by atoms with Gasteiger partial charge in [0, 0.05) is 38.5 Å². The first-order chi connectivity index (χ1) is 16.0. The number of aromatic nitrogens is 2. The van der Waals surface area contributed by atoms with E-state index in [4.69, 9.17) is 9.47 Å². The van der Waals surface area contributed by atoms with Crippen LogP contribution in [-0.2, 0) is 32.7 Å². The molecule has 1 aromatic carbocycles. The normalized spacial score (nSPS) is 17.6. The minimum atomic E-state index is -4.67. The van der Waals surface area contributed by atoms with E-state index in [-0.39, 0.29) is 28.9 Å². The Morgan fingerprint density at radius 1 is 1.21 bits per heavy atom. The molecule has 188 valence electrons. The zero-order valence-electron chi connectivity index (χ0n) is 18.8. The van der Waals surface area contributed by atoms with Crippen molar-refractivity contribution in [3.05, 3.63) is 41.7 Å². The highest BCUT2D eigenvalue weighted by molar-refractivity contribution is 7.89. The highest BCUT2D eigenvalue weighted by atomic mass is 32.2. The number of nitrogens with one attached hydrogen (secondary N) is 1. The number of hydrogen-bond donors (Lipinski definition) is 1. The van der Waals surface area contributed by atoms with Gasteiger partial charge in [-0.15, -0.1) is 0 Å². The molecule has 1 aliphatic rings. The van der Waals surface area contributed by atoms with Gasteiger partial charge in [0.25, 0.3) is 5.91 Å². The molecule has 0 spiro atoms. The number of ether oxygens (including phenoxy) is 2. The Morgan fingerprint density at radius 3 is 2.53 bits per heavy atom. The number of carbonyl (C=O) groups excluding carboxylic acids is 1. The van der Waals surface area contributed by atoms with E-state index in [2.05, 4.69) is 10.4 Å². The number of carbonyl (C=O) groups is 1. The van der Waals surface area contributed by atoms with Crippen LogP contribution in [0.4, 0.5) is 18.9 Å². The Hall–Kier alpha value is -2.48. The monoisotopic (exact) mass is 504 g/mol. The molecule has 1 atom stereocenters. The summed E-state index contributed by atoms with van der Waals surface area (Å²) < 4.78 is 77.7. The van der Waals surface area contributed by atoms with Gasteiger partial charge in [0.1, 0.15) is 5.69 Å². The summed E-state index contributed by atoms with van der Waals surface area (Å²) in [5.41, 5.74) is -1.23. The maximum Gasteiger partial charge on any atom is 0.435 e. The third-order valence-corrected chi connectivity index (χ3v) is 7.40. The van der Waals surface area contributed by atoms with Gasteiger partial charge >= 0.3 is 6.18 Å². The van der Waals surface area contributed by atoms with E-state index in [0.717, 1.165) is 17.5 Å². The SMILES string of the molecule is COCCOCC1CCCCN1S(=O)(=O)c1ccc(NC(=O)c2cc(C(F)(F)F)nn2C)cc1. The van der Waals surface area contributed by atoms with E-state index in [9.17, 15) is 26.4 Å². The molecule has 13 heteroatoms. The summed E-state index contributed by atoms with van der Waals surface area (Å²) in [4.78, 5) is 12.5. The third kappa shape index (κ3) is 6.14. The molecule has 0 radical (unpaired) electrons. The van der Waals surface area contributed by atoms with Gasteiger partial charge in [-0.2, -0.15) is 22.6 Å². The van der Waals surface area contributed by atoms with Crippen LogP contribution in [0.1, 0.15) is 35.4 Å². The van der Waals surface area contributed by atoms with Crippen LogP contribution in [0.2, 0.25) is 0 Å². The smallest absolute Gasteiger partial charge is 0.382 e. The summed E-state index contributed by atoms with van der Waals surface area (Å²) in [5.74, 6) is -0.801. The standard InChI is InChI=1S/C21H27F3N4O5S/c1-27-18(13-19(26-27)21(22,23)24)20(29)25-15-6-8-17(9-7-15)34(30,31)28-10-4-3-5-16(28)14-33-12-11-32-2/h6-9,13,16H,3-5,10-12,14H2,1-2H3,(H,25,29). The number of sulfonamides is 1. The lowest BCUT2D eigenvalue weighted by Crippen LogP contribution is -2.46. The Bertz CT molecular complexity index is 1090. The van der Waals surface area contributed by atoms with Gasteiger partial charge in [-0.1, -0.05) is 6.42 Å². The van der Waals surface area contributed by atoms with Crippen LogP contribution in [0.15, 0.2) is 35.2 Å². The second-order valence-electron chi connectivity index (χ2n) is 7.85. The van der Waals surface area contributed by atoms with Crippen molar-refractivity contribution >= 4 is 21.6 Å². The number of halogens is 3. The number of methoxy groups -OCH3 is 1. The second kappa shape index (κ2) is 10.8. The minimum Gasteiger partial charge on any atom is -0.382 e. The number of hydrogen-bond acceptors (Lipinski definition) is 6. The average molecular weight is 505 g/mol. The molecule has 34 heavy (non-hydrogen) atoms. The van der Waals surface area contributed by atoms with Crippen LogP contribution in [0.5, 0.6) is 0 Å². The number of alkyl halides is 3. The number of benzene rings is 1. The first-order valence-electron chi connectivity index (χ1n) is 10.6. The quantitative estimate of drug-likeness (QED) is 0.527. The Labute approximate surface area is 195 Å². The molecule has 0 bridgehead atoms. The third-order valence-electron chi connectivity index (χ3n) is 5.44. The van der Waals surface area contributed by atoms with E-state index in [1.54, 1.807) is 7.11 Å². The number of amides is 1. The van der Waals surface area contributed by atoms with Gasteiger partial charge in [-0.25, -0.2) is 8.42 Å². The Morgan fingerprint density at radius 2 is 1.91 bits per heavy atom. The molecular weight excluding hydrogens is 477 g/mol.